The molecule has 3 aromatic rings. The zero-order valence-corrected chi connectivity index (χ0v) is 13.9. The average molecular weight is 341 g/mol. The molecule has 4 nitrogen and oxygen atoms in total. The van der Waals surface area contributed by atoms with Crippen LogP contribution in [0.4, 0.5) is 0 Å². The predicted molar refractivity (Wildman–Crippen MR) is 93.5 cm³/mol. The van der Waals surface area contributed by atoms with Crippen molar-refractivity contribution < 1.29 is 12.8 Å². The molecule has 0 saturated carbocycles. The summed E-state index contributed by atoms with van der Waals surface area (Å²) in [6.45, 7) is 0.349. The molecule has 0 spiro atoms. The molecule has 1 N–H and O–H groups in total. The van der Waals surface area contributed by atoms with Gasteiger partial charge in [0.2, 0.25) is 0 Å². The molecule has 0 aliphatic rings. The first-order valence-corrected chi connectivity index (χ1v) is 9.40. The molecule has 1 heterocycles. The molecule has 24 heavy (non-hydrogen) atoms. The van der Waals surface area contributed by atoms with Crippen molar-refractivity contribution in [1.29, 1.82) is 0 Å². The number of benzene rings is 2. The summed E-state index contributed by atoms with van der Waals surface area (Å²) < 4.78 is 29.9. The number of furan rings is 1. The van der Waals surface area contributed by atoms with Crippen molar-refractivity contribution in [3.63, 3.8) is 0 Å². The van der Waals surface area contributed by atoms with Crippen molar-refractivity contribution in [3.8, 4) is 0 Å². The monoisotopic (exact) mass is 341 g/mol. The van der Waals surface area contributed by atoms with Gasteiger partial charge in [0.05, 0.1) is 29.2 Å². The molecular weight excluding hydrogens is 322 g/mol. The zero-order valence-electron chi connectivity index (χ0n) is 13.1. The lowest BCUT2D eigenvalue weighted by Gasteiger charge is -2.18. The van der Waals surface area contributed by atoms with E-state index in [1.54, 1.807) is 36.8 Å². The second-order valence-corrected chi connectivity index (χ2v) is 7.60. The summed E-state index contributed by atoms with van der Waals surface area (Å²) in [5, 5.41) is 3.33. The maximum absolute atomic E-state index is 12.4. The van der Waals surface area contributed by atoms with E-state index in [-0.39, 0.29) is 11.8 Å². The standard InChI is InChI=1S/C19H19NO3S/c21-24(22,18-9-5-2-6-10-18)14-12-20-19(17-11-13-23-15-17)16-7-3-1-4-8-16/h1-11,13,15,19-20H,12,14H2/t19-/m1/s1. The molecule has 0 bridgehead atoms. The number of rotatable bonds is 7. The lowest BCUT2D eigenvalue weighted by atomic mass is 10.0. The predicted octanol–water partition coefficient (Wildman–Crippen LogP) is 3.43. The van der Waals surface area contributed by atoms with Crippen molar-refractivity contribution in [2.24, 2.45) is 0 Å². The molecule has 0 radical (unpaired) electrons. The smallest absolute Gasteiger partial charge is 0.179 e. The summed E-state index contributed by atoms with van der Waals surface area (Å²) in [5.41, 5.74) is 2.04. The number of hydrogen-bond donors (Lipinski definition) is 1. The molecule has 0 fully saturated rings. The molecule has 3 rings (SSSR count). The second kappa shape index (κ2) is 7.47. The van der Waals surface area contributed by atoms with E-state index in [2.05, 4.69) is 5.32 Å². The van der Waals surface area contributed by atoms with Crippen LogP contribution in [-0.2, 0) is 9.84 Å². The molecular formula is C19H19NO3S. The minimum Gasteiger partial charge on any atom is -0.472 e. The minimum absolute atomic E-state index is 0.0399. The van der Waals surface area contributed by atoms with Crippen LogP contribution in [0.5, 0.6) is 0 Å². The fourth-order valence-corrected chi connectivity index (χ4v) is 3.79. The Morgan fingerprint density at radius 3 is 2.17 bits per heavy atom. The highest BCUT2D eigenvalue weighted by Crippen LogP contribution is 2.22. The fraction of sp³-hybridized carbons (Fsp3) is 0.158. The van der Waals surface area contributed by atoms with Crippen molar-refractivity contribution in [3.05, 3.63) is 90.4 Å². The van der Waals surface area contributed by atoms with Crippen LogP contribution >= 0.6 is 0 Å². The summed E-state index contributed by atoms with van der Waals surface area (Å²) in [4.78, 5) is 0.353. The average Bonchev–Trinajstić information content (AvgIpc) is 3.14. The molecule has 0 saturated heterocycles. The molecule has 0 aliphatic heterocycles. The molecule has 0 unspecified atom stereocenters. The van der Waals surface area contributed by atoms with Gasteiger partial charge in [-0.05, 0) is 23.8 Å². The molecule has 1 aromatic heterocycles. The van der Waals surface area contributed by atoms with E-state index in [4.69, 9.17) is 4.42 Å². The molecule has 0 aliphatic carbocycles. The third kappa shape index (κ3) is 3.93. The third-order valence-electron chi connectivity index (χ3n) is 3.83. The van der Waals surface area contributed by atoms with Gasteiger partial charge in [-0.15, -0.1) is 0 Å². The summed E-state index contributed by atoms with van der Waals surface area (Å²) in [5.74, 6) is 0.0399. The third-order valence-corrected chi connectivity index (χ3v) is 5.56. The Hall–Kier alpha value is -2.37. The van der Waals surface area contributed by atoms with Gasteiger partial charge in [-0.1, -0.05) is 48.5 Å². The summed E-state index contributed by atoms with van der Waals surface area (Å²) in [6.07, 6.45) is 3.30. The highest BCUT2D eigenvalue weighted by atomic mass is 32.2. The molecule has 1 atom stereocenters. The van der Waals surface area contributed by atoms with Crippen molar-refractivity contribution in [2.45, 2.75) is 10.9 Å². The van der Waals surface area contributed by atoms with E-state index >= 15 is 0 Å². The Bertz CT molecular complexity index is 844. The van der Waals surface area contributed by atoms with Crippen LogP contribution in [0.2, 0.25) is 0 Å². The fourth-order valence-electron chi connectivity index (χ4n) is 2.60. The van der Waals surface area contributed by atoms with E-state index in [0.717, 1.165) is 11.1 Å². The Morgan fingerprint density at radius 1 is 0.875 bits per heavy atom. The molecule has 2 aromatic carbocycles. The van der Waals surface area contributed by atoms with Gasteiger partial charge in [-0.2, -0.15) is 0 Å². The Kier molecular flexibility index (Phi) is 5.13. The largest absolute Gasteiger partial charge is 0.472 e. The van der Waals surface area contributed by atoms with Crippen LogP contribution in [0.3, 0.4) is 0 Å². The SMILES string of the molecule is O=S(=O)(CCN[C@H](c1ccccc1)c1ccoc1)c1ccccc1. The van der Waals surface area contributed by atoms with E-state index in [1.807, 2.05) is 42.5 Å². The van der Waals surface area contributed by atoms with Gasteiger partial charge in [-0.25, -0.2) is 8.42 Å². The summed E-state index contributed by atoms with van der Waals surface area (Å²) >= 11 is 0. The van der Waals surface area contributed by atoms with Gasteiger partial charge >= 0.3 is 0 Å². The topological polar surface area (TPSA) is 59.3 Å². The van der Waals surface area contributed by atoms with Crippen LogP contribution in [0.1, 0.15) is 17.2 Å². The highest BCUT2D eigenvalue weighted by Gasteiger charge is 2.18. The Morgan fingerprint density at radius 2 is 1.54 bits per heavy atom. The van der Waals surface area contributed by atoms with Crippen LogP contribution in [-0.4, -0.2) is 20.7 Å². The van der Waals surface area contributed by atoms with Gasteiger partial charge in [0.25, 0.3) is 0 Å². The van der Waals surface area contributed by atoms with Gasteiger partial charge in [0, 0.05) is 12.1 Å². The first kappa shape index (κ1) is 16.5. The summed E-state index contributed by atoms with van der Waals surface area (Å²) in [6, 6.07) is 20.2. The van der Waals surface area contributed by atoms with Crippen molar-refractivity contribution in [2.75, 3.05) is 12.3 Å². The van der Waals surface area contributed by atoms with Crippen molar-refractivity contribution in [1.82, 2.24) is 5.32 Å². The lowest BCUT2D eigenvalue weighted by Crippen LogP contribution is -2.28. The highest BCUT2D eigenvalue weighted by molar-refractivity contribution is 7.91. The first-order chi connectivity index (χ1) is 11.7. The Labute approximate surface area is 142 Å². The van der Waals surface area contributed by atoms with Gasteiger partial charge in [0.15, 0.2) is 9.84 Å². The second-order valence-electron chi connectivity index (χ2n) is 5.49. The van der Waals surface area contributed by atoms with Crippen LogP contribution in [0.15, 0.2) is 88.6 Å². The van der Waals surface area contributed by atoms with Crippen molar-refractivity contribution >= 4 is 9.84 Å². The normalized spacial score (nSPS) is 12.8. The number of nitrogens with one attached hydrogen (secondary N) is 1. The maximum Gasteiger partial charge on any atom is 0.179 e. The quantitative estimate of drug-likeness (QED) is 0.715. The van der Waals surface area contributed by atoms with Gasteiger partial charge < -0.3 is 9.73 Å². The zero-order chi connectivity index (χ0) is 16.8. The van der Waals surface area contributed by atoms with E-state index < -0.39 is 9.84 Å². The van der Waals surface area contributed by atoms with E-state index in [1.165, 1.54) is 0 Å². The number of hydrogen-bond acceptors (Lipinski definition) is 4. The van der Waals surface area contributed by atoms with Gasteiger partial charge in [0.1, 0.15) is 0 Å². The number of sulfone groups is 1. The van der Waals surface area contributed by atoms with Crippen LogP contribution in [0.25, 0.3) is 0 Å². The van der Waals surface area contributed by atoms with E-state index in [0.29, 0.717) is 11.4 Å². The Balaban J connectivity index is 1.71. The molecule has 0 amide bonds. The molecule has 124 valence electrons. The maximum atomic E-state index is 12.4. The van der Waals surface area contributed by atoms with Gasteiger partial charge in [-0.3, -0.25) is 0 Å². The summed E-state index contributed by atoms with van der Waals surface area (Å²) in [7, 11) is -3.29. The minimum atomic E-state index is -3.29. The molecule has 5 heteroatoms. The lowest BCUT2D eigenvalue weighted by molar-refractivity contribution is 0.551. The van der Waals surface area contributed by atoms with E-state index in [9.17, 15) is 8.42 Å². The van der Waals surface area contributed by atoms with Crippen LogP contribution in [0, 0.1) is 0 Å². The van der Waals surface area contributed by atoms with Crippen LogP contribution < -0.4 is 5.32 Å². The first-order valence-electron chi connectivity index (χ1n) is 7.75.